The van der Waals surface area contributed by atoms with Gasteiger partial charge in [-0.05, 0) is 35.7 Å². The molecule has 0 radical (unpaired) electrons. The van der Waals surface area contributed by atoms with Gasteiger partial charge in [0.2, 0.25) is 5.91 Å². The summed E-state index contributed by atoms with van der Waals surface area (Å²) in [5.74, 6) is -0.398. The van der Waals surface area contributed by atoms with Crippen molar-refractivity contribution >= 4 is 40.7 Å². The molecule has 4 nitrogen and oxygen atoms in total. The Hall–Kier alpha value is -2.04. The first-order valence-electron chi connectivity index (χ1n) is 7.50. The largest absolute Gasteiger partial charge is 0.343 e. The van der Waals surface area contributed by atoms with E-state index < -0.39 is 0 Å². The number of rotatable bonds is 5. The zero-order valence-electron chi connectivity index (χ0n) is 13.4. The van der Waals surface area contributed by atoms with Crippen molar-refractivity contribution < 1.29 is 9.59 Å². The van der Waals surface area contributed by atoms with Crippen molar-refractivity contribution in [3.8, 4) is 0 Å². The number of anilines is 1. The van der Waals surface area contributed by atoms with Crippen LogP contribution < -0.4 is 10.6 Å². The highest BCUT2D eigenvalue weighted by molar-refractivity contribution is 6.42. The number of halogens is 2. The molecule has 0 spiro atoms. The van der Waals surface area contributed by atoms with Crippen LogP contribution in [0.15, 0.2) is 42.5 Å². The van der Waals surface area contributed by atoms with Crippen LogP contribution in [0.25, 0.3) is 0 Å². The van der Waals surface area contributed by atoms with Gasteiger partial charge >= 0.3 is 0 Å². The minimum Gasteiger partial charge on any atom is -0.343 e. The van der Waals surface area contributed by atoms with Crippen LogP contribution in [0.3, 0.4) is 0 Å². The van der Waals surface area contributed by atoms with E-state index >= 15 is 0 Å². The predicted molar refractivity (Wildman–Crippen MR) is 98.0 cm³/mol. The van der Waals surface area contributed by atoms with E-state index in [-0.39, 0.29) is 24.3 Å². The lowest BCUT2D eigenvalue weighted by molar-refractivity contribution is -0.115. The first-order valence-corrected chi connectivity index (χ1v) is 8.26. The SMILES string of the molecule is CC(C)c1ccccc1NC(=O)CNC(=O)c1ccc(Cl)c(Cl)c1. The average Bonchev–Trinajstić information content (AvgIpc) is 2.55. The Morgan fingerprint density at radius 1 is 1.04 bits per heavy atom. The lowest BCUT2D eigenvalue weighted by Crippen LogP contribution is -2.33. The highest BCUT2D eigenvalue weighted by atomic mass is 35.5. The summed E-state index contributed by atoms with van der Waals surface area (Å²) >= 11 is 11.7. The molecule has 0 saturated carbocycles. The van der Waals surface area contributed by atoms with E-state index in [2.05, 4.69) is 24.5 Å². The molecule has 0 heterocycles. The Kier molecular flexibility index (Phi) is 6.23. The number of benzene rings is 2. The van der Waals surface area contributed by atoms with Crippen molar-refractivity contribution in [3.05, 3.63) is 63.6 Å². The number of carbonyl (C=O) groups excluding carboxylic acids is 2. The molecule has 0 bridgehead atoms. The highest BCUT2D eigenvalue weighted by Gasteiger charge is 2.12. The van der Waals surface area contributed by atoms with Crippen LogP contribution in [0, 0.1) is 0 Å². The monoisotopic (exact) mass is 364 g/mol. The summed E-state index contributed by atoms with van der Waals surface area (Å²) in [5.41, 5.74) is 2.14. The topological polar surface area (TPSA) is 58.2 Å². The summed E-state index contributed by atoms with van der Waals surface area (Å²) < 4.78 is 0. The van der Waals surface area contributed by atoms with Gasteiger partial charge in [0.25, 0.3) is 5.91 Å². The second-order valence-electron chi connectivity index (χ2n) is 5.60. The van der Waals surface area contributed by atoms with E-state index in [4.69, 9.17) is 23.2 Å². The molecule has 0 atom stereocenters. The molecule has 0 aromatic heterocycles. The van der Waals surface area contributed by atoms with Crippen LogP contribution in [0.2, 0.25) is 10.0 Å². The first kappa shape index (κ1) is 18.3. The van der Waals surface area contributed by atoms with Crippen molar-refractivity contribution in [3.63, 3.8) is 0 Å². The minimum absolute atomic E-state index is 0.133. The number of nitrogens with one attached hydrogen (secondary N) is 2. The molecule has 2 N–H and O–H groups in total. The number of para-hydroxylation sites is 1. The van der Waals surface area contributed by atoms with E-state index in [0.717, 1.165) is 11.3 Å². The Morgan fingerprint density at radius 2 is 1.75 bits per heavy atom. The summed E-state index contributed by atoms with van der Waals surface area (Å²) in [6.45, 7) is 3.97. The molecule has 2 aromatic carbocycles. The highest BCUT2D eigenvalue weighted by Crippen LogP contribution is 2.24. The van der Waals surface area contributed by atoms with Crippen molar-refractivity contribution in [1.82, 2.24) is 5.32 Å². The molecule has 2 rings (SSSR count). The maximum Gasteiger partial charge on any atom is 0.251 e. The molecule has 6 heteroatoms. The molecule has 0 aliphatic rings. The fourth-order valence-corrected chi connectivity index (χ4v) is 2.51. The van der Waals surface area contributed by atoms with E-state index in [9.17, 15) is 9.59 Å². The summed E-state index contributed by atoms with van der Waals surface area (Å²) in [6, 6.07) is 12.1. The van der Waals surface area contributed by atoms with Gasteiger partial charge < -0.3 is 10.6 Å². The number of hydrogen-bond acceptors (Lipinski definition) is 2. The van der Waals surface area contributed by atoms with Gasteiger partial charge in [0.15, 0.2) is 0 Å². The van der Waals surface area contributed by atoms with Gasteiger partial charge in [-0.1, -0.05) is 55.2 Å². The maximum absolute atomic E-state index is 12.1. The van der Waals surface area contributed by atoms with Gasteiger partial charge in [-0.25, -0.2) is 0 Å². The van der Waals surface area contributed by atoms with Crippen molar-refractivity contribution in [2.75, 3.05) is 11.9 Å². The van der Waals surface area contributed by atoms with E-state index in [1.54, 1.807) is 6.07 Å². The zero-order chi connectivity index (χ0) is 17.7. The van der Waals surface area contributed by atoms with E-state index in [1.807, 2.05) is 24.3 Å². The summed E-state index contributed by atoms with van der Waals surface area (Å²) in [7, 11) is 0. The molecule has 0 unspecified atom stereocenters. The summed E-state index contributed by atoms with van der Waals surface area (Å²) in [4.78, 5) is 24.1. The van der Waals surface area contributed by atoms with Crippen molar-refractivity contribution in [1.29, 1.82) is 0 Å². The van der Waals surface area contributed by atoms with E-state index in [0.29, 0.717) is 15.6 Å². The second-order valence-corrected chi connectivity index (χ2v) is 6.42. The van der Waals surface area contributed by atoms with Crippen LogP contribution in [0.5, 0.6) is 0 Å². The standard InChI is InChI=1S/C18H18Cl2N2O2/c1-11(2)13-5-3-4-6-16(13)22-17(23)10-21-18(24)12-7-8-14(19)15(20)9-12/h3-9,11H,10H2,1-2H3,(H,21,24)(H,22,23). The van der Waals surface area contributed by atoms with E-state index in [1.165, 1.54) is 12.1 Å². The maximum atomic E-state index is 12.1. The summed E-state index contributed by atoms with van der Waals surface area (Å²) in [5, 5.41) is 6.04. The van der Waals surface area contributed by atoms with Gasteiger partial charge in [0, 0.05) is 11.3 Å². The number of carbonyl (C=O) groups is 2. The van der Waals surface area contributed by atoms with Crippen molar-refractivity contribution in [2.24, 2.45) is 0 Å². The van der Waals surface area contributed by atoms with Crippen LogP contribution in [-0.4, -0.2) is 18.4 Å². The smallest absolute Gasteiger partial charge is 0.251 e. The lowest BCUT2D eigenvalue weighted by atomic mass is 10.0. The third kappa shape index (κ3) is 4.73. The van der Waals surface area contributed by atoms with Crippen LogP contribution in [0.4, 0.5) is 5.69 Å². The number of amides is 2. The molecular formula is C18H18Cl2N2O2. The van der Waals surface area contributed by atoms with Gasteiger partial charge in [-0.15, -0.1) is 0 Å². The molecule has 2 amide bonds. The van der Waals surface area contributed by atoms with Gasteiger partial charge in [0.1, 0.15) is 0 Å². The third-order valence-electron chi connectivity index (χ3n) is 3.45. The average molecular weight is 365 g/mol. The quantitative estimate of drug-likeness (QED) is 0.821. The van der Waals surface area contributed by atoms with Crippen molar-refractivity contribution in [2.45, 2.75) is 19.8 Å². The molecule has 0 aliphatic carbocycles. The Balaban J connectivity index is 1.96. The van der Waals surface area contributed by atoms with Gasteiger partial charge in [0.05, 0.1) is 16.6 Å². The Labute approximate surface area is 151 Å². The van der Waals surface area contributed by atoms with Crippen LogP contribution in [0.1, 0.15) is 35.7 Å². The first-order chi connectivity index (χ1) is 11.4. The third-order valence-corrected chi connectivity index (χ3v) is 4.19. The molecule has 0 fully saturated rings. The predicted octanol–water partition coefficient (Wildman–Crippen LogP) is 4.49. The molecule has 0 saturated heterocycles. The Morgan fingerprint density at radius 3 is 2.42 bits per heavy atom. The Bertz CT molecular complexity index is 760. The summed E-state index contributed by atoms with van der Waals surface area (Å²) in [6.07, 6.45) is 0. The fraction of sp³-hybridized carbons (Fsp3) is 0.222. The normalized spacial score (nSPS) is 10.5. The van der Waals surface area contributed by atoms with Crippen LogP contribution in [-0.2, 0) is 4.79 Å². The molecule has 2 aromatic rings. The molecule has 126 valence electrons. The van der Waals surface area contributed by atoms with Gasteiger partial charge in [-0.2, -0.15) is 0 Å². The minimum atomic E-state index is -0.388. The lowest BCUT2D eigenvalue weighted by Gasteiger charge is -2.14. The van der Waals surface area contributed by atoms with Crippen LogP contribution >= 0.6 is 23.2 Å². The molecule has 24 heavy (non-hydrogen) atoms. The molecular weight excluding hydrogens is 347 g/mol. The molecule has 0 aliphatic heterocycles. The fourth-order valence-electron chi connectivity index (χ4n) is 2.21. The zero-order valence-corrected chi connectivity index (χ0v) is 14.9. The van der Waals surface area contributed by atoms with Gasteiger partial charge in [-0.3, -0.25) is 9.59 Å². The number of hydrogen-bond donors (Lipinski definition) is 2. The second kappa shape index (κ2) is 8.18.